The van der Waals surface area contributed by atoms with Crippen molar-refractivity contribution in [3.8, 4) is 5.75 Å². The summed E-state index contributed by atoms with van der Waals surface area (Å²) in [5.74, 6) is -0.997. The molecule has 0 fully saturated rings. The lowest BCUT2D eigenvalue weighted by Gasteiger charge is -2.06. The number of anilines is 1. The predicted octanol–water partition coefficient (Wildman–Crippen LogP) is 0.287. The second kappa shape index (κ2) is 7.36. The third-order valence-corrected chi connectivity index (χ3v) is 3.47. The number of amides is 3. The van der Waals surface area contributed by atoms with Crippen LogP contribution >= 0.6 is 11.3 Å². The Morgan fingerprint density at radius 1 is 1.17 bits per heavy atom. The number of aromatic nitrogens is 1. The molecule has 0 bridgehead atoms. The Morgan fingerprint density at radius 3 is 2.48 bits per heavy atom. The summed E-state index contributed by atoms with van der Waals surface area (Å²) in [6, 6.07) is 6.10. The first-order chi connectivity index (χ1) is 10.9. The topological polar surface area (TPSA) is 137 Å². The number of hydrogen-bond donors (Lipinski definition) is 3. The van der Waals surface area contributed by atoms with Gasteiger partial charge in [-0.15, -0.1) is 11.3 Å². The molecule has 2 aromatic rings. The Kier molecular flexibility index (Phi) is 5.26. The molecule has 9 heteroatoms. The van der Waals surface area contributed by atoms with Gasteiger partial charge in [-0.25, -0.2) is 4.98 Å². The molecule has 0 aliphatic carbocycles. The normalized spacial score (nSPS) is 10.1. The highest BCUT2D eigenvalue weighted by atomic mass is 32.1. The van der Waals surface area contributed by atoms with E-state index in [-0.39, 0.29) is 13.0 Å². The standard InChI is InChI=1S/C14H14N4O4S/c15-11(19)5-9-7-23-14(17-9)18-12(20)6-22-10-3-1-8(2-4-10)13(16)21/h1-4,7H,5-6H2,(H2,15,19)(H2,16,21)(H,17,18,20). The van der Waals surface area contributed by atoms with Crippen LogP contribution in [0.3, 0.4) is 0 Å². The van der Waals surface area contributed by atoms with Gasteiger partial charge in [0.25, 0.3) is 5.91 Å². The van der Waals surface area contributed by atoms with Gasteiger partial charge in [0, 0.05) is 10.9 Å². The molecule has 0 aliphatic rings. The van der Waals surface area contributed by atoms with Crippen molar-refractivity contribution >= 4 is 34.2 Å². The Bertz CT molecular complexity index is 727. The highest BCUT2D eigenvalue weighted by Gasteiger charge is 2.09. The quantitative estimate of drug-likeness (QED) is 0.668. The number of nitrogens with one attached hydrogen (secondary N) is 1. The number of hydrogen-bond acceptors (Lipinski definition) is 6. The van der Waals surface area contributed by atoms with Gasteiger partial charge < -0.3 is 16.2 Å². The Morgan fingerprint density at radius 2 is 1.87 bits per heavy atom. The van der Waals surface area contributed by atoms with Gasteiger partial charge in [-0.1, -0.05) is 0 Å². The second-order valence-corrected chi connectivity index (χ2v) is 5.37. The molecule has 0 spiro atoms. The largest absolute Gasteiger partial charge is 0.484 e. The molecule has 1 aromatic heterocycles. The van der Waals surface area contributed by atoms with Gasteiger partial charge in [-0.2, -0.15) is 0 Å². The summed E-state index contributed by atoms with van der Waals surface area (Å²) in [6.07, 6.45) is 0.0229. The van der Waals surface area contributed by atoms with E-state index in [1.807, 2.05) is 0 Å². The van der Waals surface area contributed by atoms with E-state index >= 15 is 0 Å². The summed E-state index contributed by atoms with van der Waals surface area (Å²) >= 11 is 1.19. The summed E-state index contributed by atoms with van der Waals surface area (Å²) in [7, 11) is 0. The Hall–Kier alpha value is -2.94. The van der Waals surface area contributed by atoms with Crippen LogP contribution in [0.1, 0.15) is 16.1 Å². The fourth-order valence-electron chi connectivity index (χ4n) is 1.64. The zero-order valence-electron chi connectivity index (χ0n) is 11.9. The SMILES string of the molecule is NC(=O)Cc1csc(NC(=O)COc2ccc(C(N)=O)cc2)n1. The molecule has 120 valence electrons. The van der Waals surface area contributed by atoms with Gasteiger partial charge in [-0.3, -0.25) is 19.7 Å². The molecule has 0 unspecified atom stereocenters. The van der Waals surface area contributed by atoms with Gasteiger partial charge in [0.15, 0.2) is 11.7 Å². The summed E-state index contributed by atoms with van der Waals surface area (Å²) in [6.45, 7) is -0.222. The van der Waals surface area contributed by atoms with Crippen molar-refractivity contribution in [1.29, 1.82) is 0 Å². The van der Waals surface area contributed by atoms with Gasteiger partial charge in [0.2, 0.25) is 11.8 Å². The first-order valence-electron chi connectivity index (χ1n) is 6.49. The lowest BCUT2D eigenvalue weighted by Crippen LogP contribution is -2.20. The van der Waals surface area contributed by atoms with Crippen molar-refractivity contribution in [2.45, 2.75) is 6.42 Å². The van der Waals surface area contributed by atoms with E-state index in [1.165, 1.54) is 23.5 Å². The van der Waals surface area contributed by atoms with Crippen molar-refractivity contribution in [2.75, 3.05) is 11.9 Å². The maximum Gasteiger partial charge on any atom is 0.264 e. The summed E-state index contributed by atoms with van der Waals surface area (Å²) in [5, 5.41) is 4.56. The maximum atomic E-state index is 11.8. The molecule has 1 aromatic carbocycles. The fraction of sp³-hybridized carbons (Fsp3) is 0.143. The first kappa shape index (κ1) is 16.4. The Labute approximate surface area is 135 Å². The number of thiazole rings is 1. The molecular weight excluding hydrogens is 320 g/mol. The molecule has 5 N–H and O–H groups in total. The smallest absolute Gasteiger partial charge is 0.264 e. The third-order valence-electron chi connectivity index (χ3n) is 2.66. The van der Waals surface area contributed by atoms with Crippen molar-refractivity contribution in [1.82, 2.24) is 4.98 Å². The number of rotatable bonds is 7. The summed E-state index contributed by atoms with van der Waals surface area (Å²) in [4.78, 5) is 37.5. The zero-order valence-corrected chi connectivity index (χ0v) is 12.8. The van der Waals surface area contributed by atoms with Crippen molar-refractivity contribution in [3.63, 3.8) is 0 Å². The van der Waals surface area contributed by atoms with Crippen molar-refractivity contribution < 1.29 is 19.1 Å². The molecule has 0 atom stereocenters. The maximum absolute atomic E-state index is 11.8. The summed E-state index contributed by atoms with van der Waals surface area (Å²) < 4.78 is 5.28. The average molecular weight is 334 g/mol. The molecule has 2 rings (SSSR count). The number of ether oxygens (including phenoxy) is 1. The van der Waals surface area contributed by atoms with Crippen LogP contribution in [0, 0.1) is 0 Å². The minimum absolute atomic E-state index is 0.0229. The molecule has 0 radical (unpaired) electrons. The highest BCUT2D eigenvalue weighted by Crippen LogP contribution is 2.16. The minimum Gasteiger partial charge on any atom is -0.484 e. The monoisotopic (exact) mass is 334 g/mol. The number of benzene rings is 1. The van der Waals surface area contributed by atoms with Gasteiger partial charge in [-0.05, 0) is 24.3 Å². The Balaban J connectivity index is 1.83. The predicted molar refractivity (Wildman–Crippen MR) is 84.1 cm³/mol. The fourth-order valence-corrected chi connectivity index (χ4v) is 2.37. The number of carbonyl (C=O) groups is 3. The van der Waals surface area contributed by atoms with E-state index in [0.717, 1.165) is 0 Å². The first-order valence-corrected chi connectivity index (χ1v) is 7.37. The molecule has 23 heavy (non-hydrogen) atoms. The highest BCUT2D eigenvalue weighted by molar-refractivity contribution is 7.13. The van der Waals surface area contributed by atoms with E-state index in [9.17, 15) is 14.4 Å². The van der Waals surface area contributed by atoms with Gasteiger partial charge >= 0.3 is 0 Å². The van der Waals surface area contributed by atoms with Crippen LogP contribution in [0.2, 0.25) is 0 Å². The van der Waals surface area contributed by atoms with Crippen LogP contribution in [0.5, 0.6) is 5.75 Å². The summed E-state index contributed by atoms with van der Waals surface area (Å²) in [5.41, 5.74) is 11.0. The lowest BCUT2D eigenvalue weighted by molar-refractivity contribution is -0.118. The van der Waals surface area contributed by atoms with Gasteiger partial charge in [0.1, 0.15) is 5.75 Å². The number of carbonyl (C=O) groups excluding carboxylic acids is 3. The van der Waals surface area contributed by atoms with E-state index in [0.29, 0.717) is 22.1 Å². The zero-order chi connectivity index (χ0) is 16.8. The van der Waals surface area contributed by atoms with Crippen LogP contribution in [0.4, 0.5) is 5.13 Å². The van der Waals surface area contributed by atoms with E-state index < -0.39 is 17.7 Å². The lowest BCUT2D eigenvalue weighted by atomic mass is 10.2. The molecule has 1 heterocycles. The molecule has 3 amide bonds. The van der Waals surface area contributed by atoms with Gasteiger partial charge in [0.05, 0.1) is 12.1 Å². The van der Waals surface area contributed by atoms with E-state index in [2.05, 4.69) is 10.3 Å². The van der Waals surface area contributed by atoms with Crippen LogP contribution < -0.4 is 21.5 Å². The second-order valence-electron chi connectivity index (χ2n) is 4.51. The molecular formula is C14H14N4O4S. The van der Waals surface area contributed by atoms with Crippen LogP contribution in [-0.2, 0) is 16.0 Å². The van der Waals surface area contributed by atoms with Crippen molar-refractivity contribution in [3.05, 3.63) is 40.9 Å². The number of nitrogens with two attached hydrogens (primary N) is 2. The third kappa shape index (κ3) is 5.08. The average Bonchev–Trinajstić information content (AvgIpc) is 2.91. The molecule has 8 nitrogen and oxygen atoms in total. The number of primary amides is 2. The van der Waals surface area contributed by atoms with Crippen molar-refractivity contribution in [2.24, 2.45) is 11.5 Å². The minimum atomic E-state index is -0.537. The molecule has 0 saturated carbocycles. The van der Waals surface area contributed by atoms with E-state index in [4.69, 9.17) is 16.2 Å². The van der Waals surface area contributed by atoms with Crippen LogP contribution in [-0.4, -0.2) is 29.3 Å². The van der Waals surface area contributed by atoms with E-state index in [1.54, 1.807) is 17.5 Å². The van der Waals surface area contributed by atoms with Crippen LogP contribution in [0.25, 0.3) is 0 Å². The number of nitrogens with zero attached hydrogens (tertiary/aromatic N) is 1. The molecule has 0 saturated heterocycles. The van der Waals surface area contributed by atoms with Crippen LogP contribution in [0.15, 0.2) is 29.6 Å². The molecule has 0 aliphatic heterocycles.